The molecule has 0 fully saturated rings. The van der Waals surface area contributed by atoms with Gasteiger partial charge < -0.3 is 0 Å². The summed E-state index contributed by atoms with van der Waals surface area (Å²) in [6.45, 7) is 4.38. The van der Waals surface area contributed by atoms with Gasteiger partial charge in [0.05, 0.1) is 6.21 Å². The molecule has 0 aliphatic rings. The van der Waals surface area contributed by atoms with Crippen molar-refractivity contribution in [1.82, 2.24) is 5.20 Å². The Balaban J connectivity index is 2.75. The Bertz CT molecular complexity index is 277. The fraction of sp³-hybridized carbons (Fsp3) is 0.300. The molecule has 0 aromatic heterocycles. The summed E-state index contributed by atoms with van der Waals surface area (Å²) in [4.78, 5) is 0. The summed E-state index contributed by atoms with van der Waals surface area (Å²) in [7, 11) is 2.33. The highest BCUT2D eigenvalue weighted by molar-refractivity contribution is 7.13. The SMILES string of the molecule is CC(C)c1ccc(/C=N/NP)cc1. The summed E-state index contributed by atoms with van der Waals surface area (Å²) >= 11 is 0. The van der Waals surface area contributed by atoms with E-state index in [0.717, 1.165) is 5.56 Å². The van der Waals surface area contributed by atoms with Gasteiger partial charge in [-0.3, -0.25) is 5.20 Å². The van der Waals surface area contributed by atoms with E-state index < -0.39 is 0 Å². The van der Waals surface area contributed by atoms with Gasteiger partial charge in [-0.15, -0.1) is 0 Å². The molecule has 0 bridgehead atoms. The van der Waals surface area contributed by atoms with Crippen LogP contribution in [0.5, 0.6) is 0 Å². The molecule has 1 unspecified atom stereocenters. The number of hydrogen-bond acceptors (Lipinski definition) is 2. The van der Waals surface area contributed by atoms with E-state index in [2.05, 4.69) is 57.8 Å². The van der Waals surface area contributed by atoms with Crippen LogP contribution in [0, 0.1) is 0 Å². The van der Waals surface area contributed by atoms with Crippen LogP contribution in [-0.4, -0.2) is 6.21 Å². The Morgan fingerprint density at radius 3 is 2.38 bits per heavy atom. The standard InChI is InChI=1S/C10H15N2P/c1-8(2)10-5-3-9(4-6-10)7-11-12-13/h3-8,12H,13H2,1-2H3/b11-7+. The fourth-order valence-corrected chi connectivity index (χ4v) is 1.15. The maximum Gasteiger partial charge on any atom is 0.0543 e. The first-order valence-corrected chi connectivity index (χ1v) is 4.90. The summed E-state index contributed by atoms with van der Waals surface area (Å²) in [5.74, 6) is 0.589. The van der Waals surface area contributed by atoms with Crippen LogP contribution < -0.4 is 5.20 Å². The molecule has 1 N–H and O–H groups in total. The minimum Gasteiger partial charge on any atom is -0.295 e. The minimum atomic E-state index is 0.589. The molecule has 0 heterocycles. The average molecular weight is 194 g/mol. The molecule has 0 aliphatic carbocycles. The van der Waals surface area contributed by atoms with Gasteiger partial charge >= 0.3 is 0 Å². The first-order chi connectivity index (χ1) is 6.24. The van der Waals surface area contributed by atoms with Gasteiger partial charge in [-0.1, -0.05) is 38.1 Å². The molecule has 0 saturated carbocycles. The summed E-state index contributed by atoms with van der Waals surface area (Å²) in [5.41, 5.74) is 2.47. The number of nitrogens with zero attached hydrogens (tertiary/aromatic N) is 1. The van der Waals surface area contributed by atoms with Crippen molar-refractivity contribution in [3.8, 4) is 0 Å². The molecule has 70 valence electrons. The second-order valence-electron chi connectivity index (χ2n) is 3.21. The van der Waals surface area contributed by atoms with Gasteiger partial charge in [-0.25, -0.2) is 0 Å². The van der Waals surface area contributed by atoms with Crippen LogP contribution in [0.4, 0.5) is 0 Å². The van der Waals surface area contributed by atoms with Crippen LogP contribution >= 0.6 is 9.39 Å². The third kappa shape index (κ3) is 3.16. The van der Waals surface area contributed by atoms with Crippen LogP contribution in [0.15, 0.2) is 29.4 Å². The smallest absolute Gasteiger partial charge is 0.0543 e. The largest absolute Gasteiger partial charge is 0.295 e. The highest BCUT2D eigenvalue weighted by atomic mass is 31.0. The van der Waals surface area contributed by atoms with Crippen molar-refractivity contribution in [2.24, 2.45) is 5.10 Å². The van der Waals surface area contributed by atoms with Crippen LogP contribution in [0.25, 0.3) is 0 Å². The number of hydrazone groups is 1. The zero-order chi connectivity index (χ0) is 9.68. The second kappa shape index (κ2) is 4.98. The maximum absolute atomic E-state index is 3.90. The molecule has 1 aromatic rings. The lowest BCUT2D eigenvalue weighted by molar-refractivity contribution is 0.866. The molecule has 1 aromatic carbocycles. The quantitative estimate of drug-likeness (QED) is 0.446. The predicted octanol–water partition coefficient (Wildman–Crippen LogP) is 2.52. The predicted molar refractivity (Wildman–Crippen MR) is 61.0 cm³/mol. The molecular weight excluding hydrogens is 179 g/mol. The molecule has 3 heteroatoms. The highest BCUT2D eigenvalue weighted by Crippen LogP contribution is 2.13. The van der Waals surface area contributed by atoms with Crippen molar-refractivity contribution in [1.29, 1.82) is 0 Å². The van der Waals surface area contributed by atoms with Crippen molar-refractivity contribution < 1.29 is 0 Å². The van der Waals surface area contributed by atoms with E-state index in [1.165, 1.54) is 5.56 Å². The Hall–Kier alpha value is -0.880. The normalized spacial score (nSPS) is 11.1. The molecular formula is C10H15N2P. The van der Waals surface area contributed by atoms with E-state index in [-0.39, 0.29) is 0 Å². The summed E-state index contributed by atoms with van der Waals surface area (Å²) in [6.07, 6.45) is 1.79. The first kappa shape index (κ1) is 10.2. The Morgan fingerprint density at radius 1 is 1.31 bits per heavy atom. The molecule has 13 heavy (non-hydrogen) atoms. The molecule has 0 radical (unpaired) electrons. The van der Waals surface area contributed by atoms with Crippen LogP contribution in [0.1, 0.15) is 30.9 Å². The summed E-state index contributed by atoms with van der Waals surface area (Å²) in [5, 5.41) is 6.54. The molecule has 0 amide bonds. The van der Waals surface area contributed by atoms with Gasteiger partial charge in [0.15, 0.2) is 0 Å². The lowest BCUT2D eigenvalue weighted by atomic mass is 10.0. The second-order valence-corrected chi connectivity index (χ2v) is 3.47. The van der Waals surface area contributed by atoms with Gasteiger partial charge in [-0.05, 0) is 26.4 Å². The number of nitrogens with one attached hydrogen (secondary N) is 1. The lowest BCUT2D eigenvalue weighted by Gasteiger charge is -2.04. The first-order valence-electron chi connectivity index (χ1n) is 4.32. The van der Waals surface area contributed by atoms with Crippen LogP contribution in [0.3, 0.4) is 0 Å². The van der Waals surface area contributed by atoms with Crippen LogP contribution in [-0.2, 0) is 0 Å². The van der Waals surface area contributed by atoms with Crippen molar-refractivity contribution in [3.63, 3.8) is 0 Å². The van der Waals surface area contributed by atoms with Crippen molar-refractivity contribution in [3.05, 3.63) is 35.4 Å². The number of rotatable bonds is 3. The fourth-order valence-electron chi connectivity index (χ4n) is 1.08. The maximum atomic E-state index is 3.90. The van der Waals surface area contributed by atoms with E-state index in [9.17, 15) is 0 Å². The summed E-state index contributed by atoms with van der Waals surface area (Å²) in [6, 6.07) is 8.41. The Morgan fingerprint density at radius 2 is 1.92 bits per heavy atom. The van der Waals surface area contributed by atoms with Gasteiger partial charge in [-0.2, -0.15) is 5.10 Å². The number of benzene rings is 1. The number of hydrogen-bond donors (Lipinski definition) is 1. The van der Waals surface area contributed by atoms with E-state index in [4.69, 9.17) is 0 Å². The summed E-state index contributed by atoms with van der Waals surface area (Å²) < 4.78 is 0. The molecule has 1 atom stereocenters. The van der Waals surface area contributed by atoms with Crippen LogP contribution in [0.2, 0.25) is 0 Å². The van der Waals surface area contributed by atoms with Crippen molar-refractivity contribution in [2.75, 3.05) is 0 Å². The molecule has 2 nitrogen and oxygen atoms in total. The van der Waals surface area contributed by atoms with Gasteiger partial charge in [0.25, 0.3) is 0 Å². The molecule has 1 rings (SSSR count). The zero-order valence-corrected chi connectivity index (χ0v) is 9.14. The third-order valence-corrected chi connectivity index (χ3v) is 2.04. The highest BCUT2D eigenvalue weighted by Gasteiger charge is 1.96. The van der Waals surface area contributed by atoms with Gasteiger partial charge in [0.2, 0.25) is 0 Å². The van der Waals surface area contributed by atoms with E-state index >= 15 is 0 Å². The Kier molecular flexibility index (Phi) is 3.91. The third-order valence-electron chi connectivity index (χ3n) is 1.89. The van der Waals surface area contributed by atoms with E-state index in [0.29, 0.717) is 5.92 Å². The van der Waals surface area contributed by atoms with E-state index in [1.54, 1.807) is 6.21 Å². The monoisotopic (exact) mass is 194 g/mol. The topological polar surface area (TPSA) is 24.4 Å². The van der Waals surface area contributed by atoms with Crippen molar-refractivity contribution in [2.45, 2.75) is 19.8 Å². The van der Waals surface area contributed by atoms with E-state index in [1.807, 2.05) is 0 Å². The average Bonchev–Trinajstić information content (AvgIpc) is 2.15. The lowest BCUT2D eigenvalue weighted by Crippen LogP contribution is -1.90. The van der Waals surface area contributed by atoms with Gasteiger partial charge in [0.1, 0.15) is 0 Å². The molecule has 0 spiro atoms. The van der Waals surface area contributed by atoms with Crippen molar-refractivity contribution >= 4 is 15.6 Å². The minimum absolute atomic E-state index is 0.589. The van der Waals surface area contributed by atoms with Gasteiger partial charge in [0, 0.05) is 0 Å². The zero-order valence-electron chi connectivity index (χ0n) is 7.99. The molecule has 0 saturated heterocycles. The molecule has 0 aliphatic heterocycles. The Labute approximate surface area is 81.7 Å².